The van der Waals surface area contributed by atoms with Crippen molar-refractivity contribution in [1.82, 2.24) is 4.90 Å². The number of carboxylic acid groups (broad SMARTS) is 1. The van der Waals surface area contributed by atoms with E-state index in [0.717, 1.165) is 29.9 Å². The molecule has 1 N–H and O–H groups in total. The summed E-state index contributed by atoms with van der Waals surface area (Å²) in [5.74, 6) is -0.988. The lowest BCUT2D eigenvalue weighted by molar-refractivity contribution is -0.137. The van der Waals surface area contributed by atoms with Crippen molar-refractivity contribution in [3.63, 3.8) is 0 Å². The van der Waals surface area contributed by atoms with Crippen LogP contribution in [0.15, 0.2) is 26.9 Å². The van der Waals surface area contributed by atoms with Gasteiger partial charge in [0, 0.05) is 18.2 Å². The Kier molecular flexibility index (Phi) is 3.35. The fraction of sp³-hybridized carbons (Fsp3) is 0.385. The molecule has 1 aromatic rings. The number of aliphatic carboxylic acids is 1. The molecule has 0 saturated carbocycles. The van der Waals surface area contributed by atoms with Crippen molar-refractivity contribution < 1.29 is 14.7 Å². The van der Waals surface area contributed by atoms with Gasteiger partial charge in [-0.3, -0.25) is 9.59 Å². The van der Waals surface area contributed by atoms with Gasteiger partial charge in [-0.1, -0.05) is 0 Å². The third-order valence-corrected chi connectivity index (χ3v) is 4.11. The number of fused-ring (bicyclic) bond motifs is 1. The maximum absolute atomic E-state index is 12.5. The molecule has 104 valence electrons. The summed E-state index contributed by atoms with van der Waals surface area (Å²) in [6, 6.07) is 5.01. The summed E-state index contributed by atoms with van der Waals surface area (Å²) < 4.78 is 8.22. The number of carbonyl (C=O) groups is 2. The molecule has 3 rings (SSSR count). The molecule has 0 spiro atoms. The van der Waals surface area contributed by atoms with Crippen molar-refractivity contribution in [2.75, 3.05) is 6.54 Å². The van der Waals surface area contributed by atoms with Crippen molar-refractivity contribution in [3.05, 3.63) is 23.8 Å². The molecular formula is C13H13N3O3S. The molecule has 6 nitrogen and oxygen atoms in total. The highest BCUT2D eigenvalue weighted by molar-refractivity contribution is 7.58. The lowest BCUT2D eigenvalue weighted by atomic mass is 10.1. The first-order valence-corrected chi connectivity index (χ1v) is 7.13. The van der Waals surface area contributed by atoms with Crippen LogP contribution in [0.3, 0.4) is 0 Å². The largest absolute Gasteiger partial charge is 0.481 e. The Morgan fingerprint density at radius 1 is 1.35 bits per heavy atom. The predicted molar refractivity (Wildman–Crippen MR) is 74.3 cm³/mol. The smallest absolute Gasteiger partial charge is 0.305 e. The van der Waals surface area contributed by atoms with E-state index in [1.165, 1.54) is 0 Å². The average Bonchev–Trinajstić information content (AvgIpc) is 3.04. The van der Waals surface area contributed by atoms with Gasteiger partial charge in [-0.15, -0.1) is 0 Å². The minimum atomic E-state index is -0.867. The lowest BCUT2D eigenvalue weighted by Gasteiger charge is -2.23. The fourth-order valence-corrected chi connectivity index (χ4v) is 3.12. The topological polar surface area (TPSA) is 82.3 Å². The van der Waals surface area contributed by atoms with Crippen molar-refractivity contribution in [1.29, 1.82) is 0 Å². The Morgan fingerprint density at radius 3 is 2.95 bits per heavy atom. The Morgan fingerprint density at radius 2 is 2.15 bits per heavy atom. The number of likely N-dealkylation sites (tertiary alicyclic amines) is 1. The molecule has 1 aromatic carbocycles. The van der Waals surface area contributed by atoms with Gasteiger partial charge in [0.1, 0.15) is 11.4 Å². The van der Waals surface area contributed by atoms with Crippen LogP contribution < -0.4 is 0 Å². The molecule has 1 amide bonds. The van der Waals surface area contributed by atoms with Crippen molar-refractivity contribution in [2.24, 2.45) is 8.73 Å². The van der Waals surface area contributed by atoms with Crippen molar-refractivity contribution in [3.8, 4) is 0 Å². The molecule has 2 heterocycles. The van der Waals surface area contributed by atoms with Gasteiger partial charge in [-0.2, -0.15) is 8.73 Å². The highest BCUT2D eigenvalue weighted by Crippen LogP contribution is 2.33. The summed E-state index contributed by atoms with van der Waals surface area (Å²) in [7, 11) is 0. The highest BCUT2D eigenvalue weighted by atomic mass is 32.1. The Balaban J connectivity index is 1.81. The van der Waals surface area contributed by atoms with Crippen LogP contribution in [0.5, 0.6) is 0 Å². The summed E-state index contributed by atoms with van der Waals surface area (Å²) in [6.45, 7) is 0.615. The molecule has 2 aliphatic rings. The van der Waals surface area contributed by atoms with E-state index in [1.54, 1.807) is 23.1 Å². The first-order chi connectivity index (χ1) is 9.65. The van der Waals surface area contributed by atoms with Crippen LogP contribution in [0.1, 0.15) is 29.6 Å². The third-order valence-electron chi connectivity index (χ3n) is 3.55. The Labute approximate surface area is 119 Å². The molecule has 2 aliphatic heterocycles. The molecule has 1 atom stereocenters. The second-order valence-corrected chi connectivity index (χ2v) is 5.39. The van der Waals surface area contributed by atoms with Gasteiger partial charge in [-0.25, -0.2) is 0 Å². The summed E-state index contributed by atoms with van der Waals surface area (Å²) in [4.78, 5) is 25.0. The standard InChI is InChI=1S/C13H13N3O3S/c17-12(18)7-9-2-1-5-16(9)13(19)8-3-4-10-11(6-8)15-20-14-10/h3-4,6,9H,1-2,5,7H2,(H,17,18)/t9-/m0/s1. The fourth-order valence-electron chi connectivity index (χ4n) is 2.60. The normalized spacial score (nSPS) is 19.8. The predicted octanol–water partition coefficient (Wildman–Crippen LogP) is 2.49. The molecule has 7 heteroatoms. The van der Waals surface area contributed by atoms with E-state index in [4.69, 9.17) is 5.11 Å². The highest BCUT2D eigenvalue weighted by Gasteiger charge is 2.31. The minimum Gasteiger partial charge on any atom is -0.481 e. The monoisotopic (exact) mass is 291 g/mol. The Bertz CT molecular complexity index is 652. The second kappa shape index (κ2) is 5.16. The summed E-state index contributed by atoms with van der Waals surface area (Å²) in [6.07, 6.45) is 1.61. The second-order valence-electron chi connectivity index (χ2n) is 4.86. The number of hydrogen-bond donors (Lipinski definition) is 1. The van der Waals surface area contributed by atoms with Gasteiger partial charge < -0.3 is 10.0 Å². The Hall–Kier alpha value is -2.02. The summed E-state index contributed by atoms with van der Waals surface area (Å²) in [5, 5.41) is 8.90. The quantitative estimate of drug-likeness (QED) is 0.943. The number of nitrogens with zero attached hydrogens (tertiary/aromatic N) is 3. The van der Waals surface area contributed by atoms with Gasteiger partial charge in [-0.05, 0) is 31.0 Å². The van der Waals surface area contributed by atoms with Crippen LogP contribution in [-0.2, 0) is 16.1 Å². The van der Waals surface area contributed by atoms with Gasteiger partial charge in [0.25, 0.3) is 5.91 Å². The molecule has 0 bridgehead atoms. The molecular weight excluding hydrogens is 278 g/mol. The SMILES string of the molecule is O=C(O)C[C@@H]1CCCN1C(=O)c1ccc2c(c1)N=S=N2. The van der Waals surface area contributed by atoms with E-state index >= 15 is 0 Å². The molecule has 0 unspecified atom stereocenters. The molecule has 0 aromatic heterocycles. The van der Waals surface area contributed by atoms with Crippen LogP contribution >= 0.6 is 0 Å². The van der Waals surface area contributed by atoms with Gasteiger partial charge in [0.15, 0.2) is 0 Å². The third kappa shape index (κ3) is 2.36. The van der Waals surface area contributed by atoms with E-state index in [9.17, 15) is 9.59 Å². The zero-order chi connectivity index (χ0) is 14.1. The number of carboxylic acids is 1. The maximum atomic E-state index is 12.5. The lowest BCUT2D eigenvalue weighted by Crippen LogP contribution is -2.36. The zero-order valence-corrected chi connectivity index (χ0v) is 11.5. The number of benzene rings is 1. The van der Waals surface area contributed by atoms with E-state index in [0.29, 0.717) is 17.8 Å². The molecule has 1 saturated heterocycles. The van der Waals surface area contributed by atoms with Gasteiger partial charge >= 0.3 is 5.97 Å². The first kappa shape index (κ1) is 13.0. The number of carbonyl (C=O) groups excluding carboxylic acids is 1. The zero-order valence-electron chi connectivity index (χ0n) is 10.7. The van der Waals surface area contributed by atoms with E-state index in [-0.39, 0.29) is 18.4 Å². The van der Waals surface area contributed by atoms with Gasteiger partial charge in [0.2, 0.25) is 0 Å². The number of rotatable bonds is 3. The van der Waals surface area contributed by atoms with Crippen LogP contribution in [0.25, 0.3) is 0 Å². The number of amides is 1. The van der Waals surface area contributed by atoms with Crippen LogP contribution in [0, 0.1) is 0 Å². The summed E-state index contributed by atoms with van der Waals surface area (Å²) in [5.41, 5.74) is 2.02. The summed E-state index contributed by atoms with van der Waals surface area (Å²) >= 11 is 1.11. The molecule has 0 aliphatic carbocycles. The maximum Gasteiger partial charge on any atom is 0.305 e. The van der Waals surface area contributed by atoms with Gasteiger partial charge in [0.05, 0.1) is 17.8 Å². The van der Waals surface area contributed by atoms with Crippen LogP contribution in [0.2, 0.25) is 0 Å². The van der Waals surface area contributed by atoms with E-state index in [1.807, 2.05) is 0 Å². The molecule has 0 radical (unpaired) electrons. The van der Waals surface area contributed by atoms with E-state index < -0.39 is 5.97 Å². The van der Waals surface area contributed by atoms with Crippen LogP contribution in [0.4, 0.5) is 11.4 Å². The first-order valence-electron chi connectivity index (χ1n) is 6.40. The average molecular weight is 291 g/mol. The van der Waals surface area contributed by atoms with Crippen LogP contribution in [-0.4, -0.2) is 34.5 Å². The van der Waals surface area contributed by atoms with E-state index in [2.05, 4.69) is 8.73 Å². The van der Waals surface area contributed by atoms with Crippen molar-refractivity contribution in [2.45, 2.75) is 25.3 Å². The minimum absolute atomic E-state index is 0.00619. The molecule has 1 fully saturated rings. The van der Waals surface area contributed by atoms with Crippen molar-refractivity contribution >= 4 is 34.6 Å². The molecule has 20 heavy (non-hydrogen) atoms. The number of hydrogen-bond acceptors (Lipinski definition) is 4.